The topological polar surface area (TPSA) is 84.8 Å². The van der Waals surface area contributed by atoms with Crippen molar-refractivity contribution < 1.29 is 18.7 Å². The van der Waals surface area contributed by atoms with Gasteiger partial charge in [0, 0.05) is 23.1 Å². The molecule has 6 heteroatoms. The largest absolute Gasteiger partial charge is 0.507 e. The number of ether oxygens (including phenoxy) is 1. The van der Waals surface area contributed by atoms with Crippen molar-refractivity contribution in [3.8, 4) is 23.0 Å². The van der Waals surface area contributed by atoms with Gasteiger partial charge in [-0.15, -0.1) is 0 Å². The molecule has 0 saturated carbocycles. The molecular formula is C21H23NO5. The molecule has 1 unspecified atom stereocenters. The Balaban J connectivity index is 1.57. The Bertz CT molecular complexity index is 1030. The van der Waals surface area contributed by atoms with Crippen LogP contribution in [0.3, 0.4) is 0 Å². The molecule has 1 aliphatic heterocycles. The van der Waals surface area contributed by atoms with Crippen molar-refractivity contribution in [1.82, 2.24) is 5.32 Å². The molecule has 0 amide bonds. The van der Waals surface area contributed by atoms with Crippen molar-refractivity contribution in [1.29, 1.82) is 0 Å². The van der Waals surface area contributed by atoms with Crippen LogP contribution in [0.1, 0.15) is 30.4 Å². The van der Waals surface area contributed by atoms with E-state index < -0.39 is 5.63 Å². The van der Waals surface area contributed by atoms with E-state index in [0.29, 0.717) is 29.6 Å². The lowest BCUT2D eigenvalue weighted by Gasteiger charge is -2.11. The van der Waals surface area contributed by atoms with Crippen LogP contribution in [-0.4, -0.2) is 24.3 Å². The highest BCUT2D eigenvalue weighted by atomic mass is 16.5. The molecule has 1 atom stereocenters. The van der Waals surface area contributed by atoms with Crippen molar-refractivity contribution >= 4 is 11.0 Å². The zero-order valence-electron chi connectivity index (χ0n) is 15.5. The van der Waals surface area contributed by atoms with Crippen LogP contribution in [0.25, 0.3) is 22.5 Å². The molecule has 3 aromatic rings. The lowest BCUT2D eigenvalue weighted by atomic mass is 10.1. The van der Waals surface area contributed by atoms with Gasteiger partial charge < -0.3 is 24.0 Å². The van der Waals surface area contributed by atoms with Gasteiger partial charge in [0.15, 0.2) is 11.5 Å². The van der Waals surface area contributed by atoms with Crippen LogP contribution >= 0.6 is 0 Å². The number of nitrogens with one attached hydrogen (secondary N) is 1. The number of hydrogen-bond acceptors (Lipinski definition) is 6. The number of fused-ring (bicyclic) bond motifs is 1. The molecule has 2 aromatic heterocycles. The first kappa shape index (κ1) is 17.7. The molecule has 142 valence electrons. The first-order valence-corrected chi connectivity index (χ1v) is 9.26. The maximum Gasteiger partial charge on any atom is 0.343 e. The number of benzene rings is 1. The van der Waals surface area contributed by atoms with E-state index in [-0.39, 0.29) is 17.1 Å². The minimum atomic E-state index is -0.571. The maximum atomic E-state index is 11.9. The van der Waals surface area contributed by atoms with Crippen molar-refractivity contribution in [2.24, 2.45) is 0 Å². The van der Waals surface area contributed by atoms with Crippen molar-refractivity contribution in [3.63, 3.8) is 0 Å². The molecule has 6 nitrogen and oxygen atoms in total. The van der Waals surface area contributed by atoms with Crippen LogP contribution in [0, 0.1) is 13.8 Å². The summed E-state index contributed by atoms with van der Waals surface area (Å²) in [7, 11) is 0. The van der Waals surface area contributed by atoms with E-state index in [1.807, 2.05) is 18.2 Å². The summed E-state index contributed by atoms with van der Waals surface area (Å²) >= 11 is 0. The Morgan fingerprint density at radius 2 is 2.07 bits per heavy atom. The summed E-state index contributed by atoms with van der Waals surface area (Å²) in [6, 6.07) is 7.99. The van der Waals surface area contributed by atoms with E-state index in [0.717, 1.165) is 24.1 Å². The highest BCUT2D eigenvalue weighted by Gasteiger charge is 2.18. The van der Waals surface area contributed by atoms with E-state index in [1.165, 1.54) is 19.8 Å². The van der Waals surface area contributed by atoms with E-state index in [1.54, 1.807) is 13.0 Å². The molecule has 1 aliphatic rings. The monoisotopic (exact) mass is 369 g/mol. The normalized spacial score (nSPS) is 16.9. The predicted molar refractivity (Wildman–Crippen MR) is 102 cm³/mol. The summed E-state index contributed by atoms with van der Waals surface area (Å²) < 4.78 is 17.1. The molecule has 1 aromatic carbocycles. The lowest BCUT2D eigenvalue weighted by Crippen LogP contribution is -2.23. The number of aromatic hydroxyl groups is 1. The first-order valence-electron chi connectivity index (χ1n) is 9.26. The van der Waals surface area contributed by atoms with Gasteiger partial charge in [-0.1, -0.05) is 0 Å². The minimum absolute atomic E-state index is 0.0637. The van der Waals surface area contributed by atoms with E-state index in [2.05, 4.69) is 5.32 Å². The second-order valence-corrected chi connectivity index (χ2v) is 7.06. The van der Waals surface area contributed by atoms with Crippen LogP contribution in [0.15, 0.2) is 37.9 Å². The number of hydrogen-bond donors (Lipinski definition) is 2. The summed E-state index contributed by atoms with van der Waals surface area (Å²) in [5.74, 6) is 1.33. The van der Waals surface area contributed by atoms with E-state index in [4.69, 9.17) is 13.6 Å². The van der Waals surface area contributed by atoms with Gasteiger partial charge in [-0.25, -0.2) is 4.79 Å². The molecule has 1 fully saturated rings. The predicted octanol–water partition coefficient (Wildman–Crippen LogP) is 3.90. The minimum Gasteiger partial charge on any atom is -0.507 e. The third-order valence-electron chi connectivity index (χ3n) is 5.16. The average molecular weight is 369 g/mol. The van der Waals surface area contributed by atoms with Crippen molar-refractivity contribution in [3.05, 3.63) is 45.8 Å². The van der Waals surface area contributed by atoms with Gasteiger partial charge in [-0.3, -0.25) is 0 Å². The lowest BCUT2D eigenvalue weighted by molar-refractivity contribution is 0.292. The third kappa shape index (κ3) is 3.45. The fraction of sp³-hybridized carbons (Fsp3) is 0.381. The summed E-state index contributed by atoms with van der Waals surface area (Å²) in [5.41, 5.74) is 0.744. The Morgan fingerprint density at radius 1 is 1.22 bits per heavy atom. The first-order chi connectivity index (χ1) is 13.0. The molecule has 4 rings (SSSR count). The smallest absolute Gasteiger partial charge is 0.343 e. The highest BCUT2D eigenvalue weighted by Crippen LogP contribution is 2.34. The highest BCUT2D eigenvalue weighted by molar-refractivity contribution is 5.83. The Hall–Kier alpha value is -2.73. The third-order valence-corrected chi connectivity index (χ3v) is 5.16. The molecule has 0 aliphatic carbocycles. The fourth-order valence-corrected chi connectivity index (χ4v) is 3.50. The Morgan fingerprint density at radius 3 is 2.85 bits per heavy atom. The molecule has 2 N–H and O–H groups in total. The number of rotatable bonds is 5. The molecule has 0 spiro atoms. The van der Waals surface area contributed by atoms with Crippen LogP contribution in [-0.2, 0) is 0 Å². The van der Waals surface area contributed by atoms with Gasteiger partial charge in [0.1, 0.15) is 17.1 Å². The number of furan rings is 1. The summed E-state index contributed by atoms with van der Waals surface area (Å²) in [6.07, 6.45) is 3.42. The van der Waals surface area contributed by atoms with Gasteiger partial charge in [0.2, 0.25) is 0 Å². The van der Waals surface area contributed by atoms with Crippen LogP contribution in [0.4, 0.5) is 0 Å². The van der Waals surface area contributed by atoms with Crippen molar-refractivity contribution in [2.75, 3.05) is 13.2 Å². The molecule has 0 radical (unpaired) electrons. The summed E-state index contributed by atoms with van der Waals surface area (Å²) in [5, 5.41) is 14.4. The summed E-state index contributed by atoms with van der Waals surface area (Å²) in [6.45, 7) is 4.97. The Kier molecular flexibility index (Phi) is 4.66. The molecule has 1 saturated heterocycles. The van der Waals surface area contributed by atoms with Gasteiger partial charge >= 0.3 is 5.63 Å². The molecule has 0 bridgehead atoms. The SMILES string of the molecule is Cc1c(-c2cc3ccc(OCCC4CCCN4)cc3o2)oc(=O)c(C)c1O. The van der Waals surface area contributed by atoms with Gasteiger partial charge in [0.25, 0.3) is 0 Å². The second kappa shape index (κ2) is 7.12. The standard InChI is InChI=1S/C21H23NO5/c1-12-19(23)13(2)21(24)27-20(12)18-10-14-5-6-16(11-17(14)26-18)25-9-7-15-4-3-8-22-15/h5-6,10-11,15,22-23H,3-4,7-9H2,1-2H3. The summed E-state index contributed by atoms with van der Waals surface area (Å²) in [4.78, 5) is 11.9. The molecular weight excluding hydrogens is 346 g/mol. The molecule has 3 heterocycles. The maximum absolute atomic E-state index is 11.9. The fourth-order valence-electron chi connectivity index (χ4n) is 3.50. The van der Waals surface area contributed by atoms with Crippen LogP contribution < -0.4 is 15.7 Å². The van der Waals surface area contributed by atoms with Crippen molar-refractivity contribution in [2.45, 2.75) is 39.2 Å². The Labute approximate surface area is 156 Å². The van der Waals surface area contributed by atoms with Crippen LogP contribution in [0.5, 0.6) is 11.5 Å². The van der Waals surface area contributed by atoms with Gasteiger partial charge in [-0.05, 0) is 57.9 Å². The van der Waals surface area contributed by atoms with E-state index >= 15 is 0 Å². The van der Waals surface area contributed by atoms with E-state index in [9.17, 15) is 9.90 Å². The van der Waals surface area contributed by atoms with Gasteiger partial charge in [-0.2, -0.15) is 0 Å². The second-order valence-electron chi connectivity index (χ2n) is 7.06. The quantitative estimate of drug-likeness (QED) is 0.710. The zero-order chi connectivity index (χ0) is 19.0. The molecule has 27 heavy (non-hydrogen) atoms. The van der Waals surface area contributed by atoms with Gasteiger partial charge in [0.05, 0.1) is 12.2 Å². The van der Waals surface area contributed by atoms with Crippen LogP contribution in [0.2, 0.25) is 0 Å². The zero-order valence-corrected chi connectivity index (χ0v) is 15.5. The average Bonchev–Trinajstić information content (AvgIpc) is 3.32.